The molecule has 0 spiro atoms. The number of benzene rings is 1. The van der Waals surface area contributed by atoms with Gasteiger partial charge in [-0.3, -0.25) is 4.79 Å². The number of imidazole rings is 1. The van der Waals surface area contributed by atoms with Crippen molar-refractivity contribution in [2.75, 3.05) is 18.5 Å². The summed E-state index contributed by atoms with van der Waals surface area (Å²) in [6.45, 7) is -2.12. The maximum Gasteiger partial charge on any atom is 0.411 e. The van der Waals surface area contributed by atoms with Gasteiger partial charge in [-0.05, 0) is 23.9 Å². The van der Waals surface area contributed by atoms with Crippen LogP contribution in [0.3, 0.4) is 0 Å². The molecule has 1 amide bonds. The van der Waals surface area contributed by atoms with Crippen molar-refractivity contribution in [2.45, 2.75) is 16.2 Å². The molecule has 0 saturated heterocycles. The average Bonchev–Trinajstić information content (AvgIpc) is 2.85. The molecule has 2 aromatic rings. The highest BCUT2D eigenvalue weighted by molar-refractivity contribution is 7.99. The first-order valence-corrected chi connectivity index (χ1v) is 7.35. The van der Waals surface area contributed by atoms with Gasteiger partial charge in [-0.1, -0.05) is 12.1 Å². The Balaban J connectivity index is 1.97. The molecule has 1 aromatic carbocycles. The van der Waals surface area contributed by atoms with E-state index in [1.165, 1.54) is 11.8 Å². The third-order valence-electron chi connectivity index (χ3n) is 2.64. The summed E-state index contributed by atoms with van der Waals surface area (Å²) in [7, 11) is 1.83. The van der Waals surface area contributed by atoms with Crippen molar-refractivity contribution in [3.63, 3.8) is 0 Å². The average molecular weight is 345 g/mol. The summed E-state index contributed by atoms with van der Waals surface area (Å²) >= 11 is 1.33. The number of rotatable bonds is 6. The Labute approximate surface area is 134 Å². The molecule has 0 atom stereocenters. The number of halogens is 3. The summed E-state index contributed by atoms with van der Waals surface area (Å²) in [6, 6.07) is 6.95. The van der Waals surface area contributed by atoms with Gasteiger partial charge in [0.15, 0.2) is 5.16 Å². The van der Waals surface area contributed by atoms with Crippen molar-refractivity contribution in [3.05, 3.63) is 36.7 Å². The molecular formula is C14H14F3N3O2S. The largest absolute Gasteiger partial charge is 0.411 e. The van der Waals surface area contributed by atoms with Crippen LogP contribution in [0.4, 0.5) is 18.9 Å². The van der Waals surface area contributed by atoms with Crippen molar-refractivity contribution in [3.8, 4) is 0 Å². The van der Waals surface area contributed by atoms with Gasteiger partial charge in [0.05, 0.1) is 5.69 Å². The van der Waals surface area contributed by atoms with Gasteiger partial charge < -0.3 is 14.6 Å². The maximum atomic E-state index is 12.0. The van der Waals surface area contributed by atoms with Gasteiger partial charge in [0.1, 0.15) is 13.2 Å². The first-order chi connectivity index (χ1) is 10.8. The number of ether oxygens (including phenoxy) is 1. The highest BCUT2D eigenvalue weighted by atomic mass is 32.2. The van der Waals surface area contributed by atoms with E-state index < -0.39 is 25.3 Å². The van der Waals surface area contributed by atoms with Gasteiger partial charge in [0, 0.05) is 24.3 Å². The molecule has 0 fully saturated rings. The molecule has 2 rings (SSSR count). The summed E-state index contributed by atoms with van der Waals surface area (Å²) in [5, 5.41) is 3.26. The highest BCUT2D eigenvalue weighted by Gasteiger charge is 2.27. The molecular weight excluding hydrogens is 331 g/mol. The number of para-hydroxylation sites is 1. The number of hydrogen-bond donors (Lipinski definition) is 1. The summed E-state index contributed by atoms with van der Waals surface area (Å²) in [5.41, 5.74) is 0.487. The van der Waals surface area contributed by atoms with E-state index >= 15 is 0 Å². The number of carbonyl (C=O) groups is 1. The first kappa shape index (κ1) is 17.4. The number of aryl methyl sites for hydroxylation is 1. The predicted octanol–water partition coefficient (Wildman–Crippen LogP) is 3.09. The van der Waals surface area contributed by atoms with Gasteiger partial charge in [-0.15, -0.1) is 0 Å². The second-order valence-electron chi connectivity index (χ2n) is 4.58. The van der Waals surface area contributed by atoms with Gasteiger partial charge in [0.2, 0.25) is 5.91 Å². The monoisotopic (exact) mass is 345 g/mol. The molecule has 1 aromatic heterocycles. The third kappa shape index (κ3) is 5.61. The summed E-state index contributed by atoms with van der Waals surface area (Å²) in [5.74, 6) is -0.651. The van der Waals surface area contributed by atoms with E-state index in [1.54, 1.807) is 36.7 Å². The Morgan fingerprint density at radius 1 is 1.39 bits per heavy atom. The Hall–Kier alpha value is -2.00. The van der Waals surface area contributed by atoms with Gasteiger partial charge >= 0.3 is 6.18 Å². The van der Waals surface area contributed by atoms with Crippen LogP contribution in [0.2, 0.25) is 0 Å². The van der Waals surface area contributed by atoms with E-state index in [-0.39, 0.29) is 0 Å². The van der Waals surface area contributed by atoms with Crippen molar-refractivity contribution in [1.29, 1.82) is 0 Å². The Kier molecular flexibility index (Phi) is 5.67. The molecule has 0 saturated carbocycles. The zero-order valence-electron chi connectivity index (χ0n) is 12.1. The van der Waals surface area contributed by atoms with Crippen molar-refractivity contribution >= 4 is 23.4 Å². The van der Waals surface area contributed by atoms with E-state index in [1.807, 2.05) is 11.6 Å². The smallest absolute Gasteiger partial charge is 0.362 e. The topological polar surface area (TPSA) is 56.2 Å². The number of amides is 1. The van der Waals surface area contributed by atoms with Crippen molar-refractivity contribution in [2.24, 2.45) is 7.05 Å². The minimum atomic E-state index is -4.45. The second-order valence-corrected chi connectivity index (χ2v) is 5.58. The standard InChI is InChI=1S/C14H14F3N3O2S/c1-20-7-6-18-13(20)23-11-5-3-2-4-10(11)19-12(21)8-22-9-14(15,16)17/h2-7H,8-9H2,1H3,(H,19,21). The number of hydrogen-bond acceptors (Lipinski definition) is 4. The van der Waals surface area contributed by atoms with E-state index in [9.17, 15) is 18.0 Å². The molecule has 0 bridgehead atoms. The molecule has 5 nitrogen and oxygen atoms in total. The lowest BCUT2D eigenvalue weighted by Crippen LogP contribution is -2.24. The molecule has 1 N–H and O–H groups in total. The predicted molar refractivity (Wildman–Crippen MR) is 79.3 cm³/mol. The van der Waals surface area contributed by atoms with E-state index in [0.717, 1.165) is 10.1 Å². The van der Waals surface area contributed by atoms with Crippen LogP contribution >= 0.6 is 11.8 Å². The van der Waals surface area contributed by atoms with Crippen LogP contribution in [0, 0.1) is 0 Å². The molecule has 0 unspecified atom stereocenters. The third-order valence-corrected chi connectivity index (χ3v) is 3.79. The van der Waals surface area contributed by atoms with Crippen LogP contribution in [0.25, 0.3) is 0 Å². The van der Waals surface area contributed by atoms with E-state index in [0.29, 0.717) is 5.69 Å². The van der Waals surface area contributed by atoms with Crippen LogP contribution < -0.4 is 5.32 Å². The Bertz CT molecular complexity index is 673. The lowest BCUT2D eigenvalue weighted by molar-refractivity contribution is -0.174. The lowest BCUT2D eigenvalue weighted by atomic mass is 10.3. The van der Waals surface area contributed by atoms with Crippen LogP contribution in [-0.2, 0) is 16.6 Å². The molecule has 23 heavy (non-hydrogen) atoms. The van der Waals surface area contributed by atoms with Gasteiger partial charge in [0.25, 0.3) is 0 Å². The molecule has 0 radical (unpaired) electrons. The molecule has 9 heteroatoms. The van der Waals surface area contributed by atoms with Gasteiger partial charge in [-0.25, -0.2) is 4.98 Å². The fourth-order valence-electron chi connectivity index (χ4n) is 1.65. The van der Waals surface area contributed by atoms with Crippen LogP contribution in [-0.4, -0.2) is 34.8 Å². The zero-order valence-corrected chi connectivity index (χ0v) is 12.9. The molecule has 0 aliphatic rings. The quantitative estimate of drug-likeness (QED) is 0.874. The normalized spacial score (nSPS) is 11.5. The number of anilines is 1. The summed E-state index contributed by atoms with van der Waals surface area (Å²) < 4.78 is 42.1. The number of carbonyl (C=O) groups excluding carboxylic acids is 1. The number of alkyl halides is 3. The fraction of sp³-hybridized carbons (Fsp3) is 0.286. The van der Waals surface area contributed by atoms with Crippen LogP contribution in [0.5, 0.6) is 0 Å². The molecule has 0 aliphatic carbocycles. The van der Waals surface area contributed by atoms with E-state index in [2.05, 4.69) is 15.0 Å². The zero-order chi connectivity index (χ0) is 16.9. The van der Waals surface area contributed by atoms with Crippen LogP contribution in [0.1, 0.15) is 0 Å². The first-order valence-electron chi connectivity index (χ1n) is 6.54. The Morgan fingerprint density at radius 3 is 2.78 bits per heavy atom. The summed E-state index contributed by atoms with van der Waals surface area (Å²) in [6.07, 6.45) is -1.02. The van der Waals surface area contributed by atoms with Crippen LogP contribution in [0.15, 0.2) is 46.7 Å². The van der Waals surface area contributed by atoms with Crippen molar-refractivity contribution < 1.29 is 22.7 Å². The SMILES string of the molecule is Cn1ccnc1Sc1ccccc1NC(=O)COCC(F)(F)F. The van der Waals surface area contributed by atoms with Crippen molar-refractivity contribution in [1.82, 2.24) is 9.55 Å². The summed E-state index contributed by atoms with van der Waals surface area (Å²) in [4.78, 5) is 16.6. The highest BCUT2D eigenvalue weighted by Crippen LogP contribution is 2.32. The van der Waals surface area contributed by atoms with E-state index in [4.69, 9.17) is 0 Å². The second kappa shape index (κ2) is 7.51. The molecule has 124 valence electrons. The Morgan fingerprint density at radius 2 is 2.13 bits per heavy atom. The fourth-order valence-corrected chi connectivity index (χ4v) is 2.54. The lowest BCUT2D eigenvalue weighted by Gasteiger charge is -2.11. The minimum Gasteiger partial charge on any atom is -0.362 e. The number of nitrogens with one attached hydrogen (secondary N) is 1. The van der Waals surface area contributed by atoms with Gasteiger partial charge in [-0.2, -0.15) is 13.2 Å². The maximum absolute atomic E-state index is 12.0. The molecule has 1 heterocycles. The molecule has 0 aliphatic heterocycles. The number of nitrogens with zero attached hydrogens (tertiary/aromatic N) is 2. The number of aromatic nitrogens is 2. The minimum absolute atomic E-state index is 0.487.